The number of nitrogens with one attached hydrogen (secondary N) is 1. The predicted octanol–water partition coefficient (Wildman–Crippen LogP) is 3.48. The molecule has 2 rings (SSSR count). The van der Waals surface area contributed by atoms with Crippen LogP contribution in [0.3, 0.4) is 0 Å². The van der Waals surface area contributed by atoms with Crippen molar-refractivity contribution in [3.8, 4) is 0 Å². The predicted molar refractivity (Wildman–Crippen MR) is 88.8 cm³/mol. The number of rotatable bonds is 9. The molecule has 1 N–H and O–H groups in total. The van der Waals surface area contributed by atoms with Crippen LogP contribution in [-0.4, -0.2) is 29.1 Å². The Morgan fingerprint density at radius 2 is 1.90 bits per heavy atom. The Bertz CT molecular complexity index is 434. The Kier molecular flexibility index (Phi) is 5.97. The summed E-state index contributed by atoms with van der Waals surface area (Å²) >= 11 is 0. The largest absolute Gasteiger partial charge is 0.369 e. The van der Waals surface area contributed by atoms with E-state index in [1.807, 2.05) is 6.20 Å². The molecular weight excluding hydrogens is 260 g/mol. The van der Waals surface area contributed by atoms with Crippen molar-refractivity contribution in [3.63, 3.8) is 0 Å². The molecule has 21 heavy (non-hydrogen) atoms. The van der Waals surface area contributed by atoms with E-state index < -0.39 is 0 Å². The van der Waals surface area contributed by atoms with E-state index in [1.54, 1.807) is 0 Å². The summed E-state index contributed by atoms with van der Waals surface area (Å²) in [6.45, 7) is 11.8. The van der Waals surface area contributed by atoms with Gasteiger partial charge in [0.2, 0.25) is 0 Å². The van der Waals surface area contributed by atoms with Crippen LogP contribution in [0.15, 0.2) is 6.20 Å². The quantitative estimate of drug-likeness (QED) is 0.756. The van der Waals surface area contributed by atoms with Gasteiger partial charge in [0.1, 0.15) is 5.82 Å². The van der Waals surface area contributed by atoms with Gasteiger partial charge in [-0.1, -0.05) is 27.7 Å². The molecular formula is C17H30N4. The van der Waals surface area contributed by atoms with Crippen LogP contribution in [0.25, 0.3) is 0 Å². The van der Waals surface area contributed by atoms with E-state index in [4.69, 9.17) is 4.98 Å². The van der Waals surface area contributed by atoms with Gasteiger partial charge >= 0.3 is 0 Å². The van der Waals surface area contributed by atoms with Crippen molar-refractivity contribution in [2.75, 3.05) is 18.0 Å². The van der Waals surface area contributed by atoms with Gasteiger partial charge in [0.25, 0.3) is 0 Å². The molecule has 1 aliphatic rings. The third-order valence-corrected chi connectivity index (χ3v) is 3.84. The Morgan fingerprint density at radius 3 is 2.43 bits per heavy atom. The van der Waals surface area contributed by atoms with Crippen LogP contribution in [0, 0.1) is 0 Å². The maximum atomic E-state index is 4.84. The lowest BCUT2D eigenvalue weighted by Gasteiger charge is -2.26. The van der Waals surface area contributed by atoms with Gasteiger partial charge in [-0.3, -0.25) is 0 Å². The van der Waals surface area contributed by atoms with E-state index >= 15 is 0 Å². The Morgan fingerprint density at radius 1 is 1.24 bits per heavy atom. The highest BCUT2D eigenvalue weighted by atomic mass is 15.2. The van der Waals surface area contributed by atoms with Crippen molar-refractivity contribution in [3.05, 3.63) is 17.7 Å². The lowest BCUT2D eigenvalue weighted by atomic mass is 10.2. The number of nitrogens with zero attached hydrogens (tertiary/aromatic N) is 3. The molecule has 4 heteroatoms. The maximum Gasteiger partial charge on any atom is 0.131 e. The van der Waals surface area contributed by atoms with Crippen LogP contribution in [0.2, 0.25) is 0 Å². The van der Waals surface area contributed by atoms with Gasteiger partial charge in [-0.05, 0) is 25.7 Å². The Balaban J connectivity index is 2.22. The summed E-state index contributed by atoms with van der Waals surface area (Å²) < 4.78 is 0. The monoisotopic (exact) mass is 290 g/mol. The van der Waals surface area contributed by atoms with E-state index in [-0.39, 0.29) is 0 Å². The topological polar surface area (TPSA) is 41.1 Å². The van der Waals surface area contributed by atoms with Gasteiger partial charge in [0, 0.05) is 31.6 Å². The van der Waals surface area contributed by atoms with Crippen molar-refractivity contribution in [2.45, 2.75) is 71.9 Å². The number of hydrogen-bond donors (Lipinski definition) is 1. The van der Waals surface area contributed by atoms with Gasteiger partial charge in [0.15, 0.2) is 0 Å². The fourth-order valence-corrected chi connectivity index (χ4v) is 2.52. The third kappa shape index (κ3) is 4.67. The summed E-state index contributed by atoms with van der Waals surface area (Å²) in [5, 5.41) is 3.60. The molecule has 1 aromatic heterocycles. The molecule has 0 spiro atoms. The highest BCUT2D eigenvalue weighted by molar-refractivity contribution is 5.49. The molecule has 1 heterocycles. The molecule has 0 aliphatic heterocycles. The molecule has 0 bridgehead atoms. The van der Waals surface area contributed by atoms with Crippen LogP contribution >= 0.6 is 0 Å². The molecule has 118 valence electrons. The van der Waals surface area contributed by atoms with Crippen LogP contribution in [0.5, 0.6) is 0 Å². The zero-order valence-corrected chi connectivity index (χ0v) is 14.0. The van der Waals surface area contributed by atoms with E-state index in [1.165, 1.54) is 24.2 Å². The summed E-state index contributed by atoms with van der Waals surface area (Å²) in [5.74, 6) is 1.34. The van der Waals surface area contributed by atoms with E-state index in [9.17, 15) is 0 Å². The van der Waals surface area contributed by atoms with Crippen LogP contribution < -0.4 is 10.2 Å². The van der Waals surface area contributed by atoms with Gasteiger partial charge in [0.05, 0.1) is 17.6 Å². The molecule has 0 aromatic carbocycles. The van der Waals surface area contributed by atoms with Crippen LogP contribution in [0.4, 0.5) is 5.69 Å². The number of hydrogen-bond acceptors (Lipinski definition) is 4. The molecule has 4 nitrogen and oxygen atoms in total. The standard InChI is InChI=1S/C17H30N4/c1-5-9-21(10-6-2)16-12-19-17(13(3)4)20-15(16)11-18-14-7-8-14/h12-14,18H,5-11H2,1-4H3. The Labute approximate surface area is 129 Å². The molecule has 1 saturated carbocycles. The van der Waals surface area contributed by atoms with Crippen molar-refractivity contribution in [1.82, 2.24) is 15.3 Å². The highest BCUT2D eigenvalue weighted by Crippen LogP contribution is 2.24. The average molecular weight is 290 g/mol. The summed E-state index contributed by atoms with van der Waals surface area (Å²) in [5.41, 5.74) is 2.39. The van der Waals surface area contributed by atoms with Gasteiger partial charge < -0.3 is 10.2 Å². The minimum Gasteiger partial charge on any atom is -0.369 e. The average Bonchev–Trinajstić information content (AvgIpc) is 3.29. The van der Waals surface area contributed by atoms with Crippen LogP contribution in [0.1, 0.15) is 70.8 Å². The molecule has 1 aromatic rings. The van der Waals surface area contributed by atoms with Gasteiger partial charge in [-0.2, -0.15) is 0 Å². The zero-order chi connectivity index (χ0) is 15.2. The minimum atomic E-state index is 0.379. The molecule has 1 fully saturated rings. The minimum absolute atomic E-state index is 0.379. The lowest BCUT2D eigenvalue weighted by molar-refractivity contribution is 0.649. The molecule has 0 unspecified atom stereocenters. The molecule has 0 amide bonds. The lowest BCUT2D eigenvalue weighted by Crippen LogP contribution is -2.28. The fourth-order valence-electron chi connectivity index (χ4n) is 2.52. The highest BCUT2D eigenvalue weighted by Gasteiger charge is 2.22. The SMILES string of the molecule is CCCN(CCC)c1cnc(C(C)C)nc1CNC1CC1. The zero-order valence-electron chi connectivity index (χ0n) is 14.0. The first-order chi connectivity index (χ1) is 10.2. The summed E-state index contributed by atoms with van der Waals surface area (Å²) in [6.07, 6.45) is 6.97. The second-order valence-electron chi connectivity index (χ2n) is 6.36. The van der Waals surface area contributed by atoms with Crippen molar-refractivity contribution < 1.29 is 0 Å². The van der Waals surface area contributed by atoms with E-state index in [2.05, 4.69) is 42.9 Å². The molecule has 0 radical (unpaired) electrons. The normalized spacial score (nSPS) is 14.7. The third-order valence-electron chi connectivity index (χ3n) is 3.84. The van der Waals surface area contributed by atoms with Gasteiger partial charge in [-0.15, -0.1) is 0 Å². The molecule has 1 aliphatic carbocycles. The summed E-state index contributed by atoms with van der Waals surface area (Å²) in [6, 6.07) is 0.709. The van der Waals surface area contributed by atoms with Crippen molar-refractivity contribution in [1.29, 1.82) is 0 Å². The maximum absolute atomic E-state index is 4.84. The van der Waals surface area contributed by atoms with Crippen LogP contribution in [-0.2, 0) is 6.54 Å². The molecule has 0 saturated heterocycles. The summed E-state index contributed by atoms with van der Waals surface area (Å²) in [4.78, 5) is 11.9. The van der Waals surface area contributed by atoms with E-state index in [0.29, 0.717) is 12.0 Å². The summed E-state index contributed by atoms with van der Waals surface area (Å²) in [7, 11) is 0. The Hall–Kier alpha value is -1.16. The smallest absolute Gasteiger partial charge is 0.131 e. The van der Waals surface area contributed by atoms with Crippen molar-refractivity contribution >= 4 is 5.69 Å². The first kappa shape index (κ1) is 16.2. The molecule has 0 atom stereocenters. The second kappa shape index (κ2) is 7.74. The number of aromatic nitrogens is 2. The van der Waals surface area contributed by atoms with E-state index in [0.717, 1.165) is 38.3 Å². The van der Waals surface area contributed by atoms with Crippen molar-refractivity contribution in [2.24, 2.45) is 0 Å². The van der Waals surface area contributed by atoms with Gasteiger partial charge in [-0.25, -0.2) is 9.97 Å². The first-order valence-corrected chi connectivity index (χ1v) is 8.49. The second-order valence-corrected chi connectivity index (χ2v) is 6.36. The number of anilines is 1. The fraction of sp³-hybridized carbons (Fsp3) is 0.765. The first-order valence-electron chi connectivity index (χ1n) is 8.49.